The Morgan fingerprint density at radius 2 is 2.23 bits per heavy atom. The average molecular weight is 309 g/mol. The van der Waals surface area contributed by atoms with Gasteiger partial charge in [0.25, 0.3) is 5.96 Å². The number of nitro groups is 1. The van der Waals surface area contributed by atoms with Crippen LogP contribution in [0.4, 0.5) is 5.69 Å². The number of hydrazine groups is 1. The molecule has 0 amide bonds. The molecule has 0 aromatic heterocycles. The Hall–Kier alpha value is -2.39. The third-order valence-corrected chi connectivity index (χ3v) is 2.99. The van der Waals surface area contributed by atoms with Gasteiger partial charge in [-0.25, -0.2) is 10.1 Å². The number of nitrogens with one attached hydrogen (secondary N) is 4. The van der Waals surface area contributed by atoms with E-state index in [0.717, 1.165) is 17.7 Å². The third kappa shape index (κ3) is 7.41. The fourth-order valence-electron chi connectivity index (χ4n) is 1.87. The molecule has 9 nitrogen and oxygen atoms in total. The normalized spacial score (nSPS) is 11.5. The molecule has 0 saturated carbocycles. The van der Waals surface area contributed by atoms with Crippen LogP contribution in [0.2, 0.25) is 0 Å². The summed E-state index contributed by atoms with van der Waals surface area (Å²) in [6.07, 6.45) is 1.45. The summed E-state index contributed by atoms with van der Waals surface area (Å²) in [5.74, 6) is -0.324. The SMILES string of the molecule is N=C(NCCC[C@H](N)CNc1cccc(CN)c1)N[N+](=O)[O-]. The van der Waals surface area contributed by atoms with Crippen LogP contribution < -0.4 is 27.5 Å². The smallest absolute Gasteiger partial charge is 0.251 e. The fraction of sp³-hybridized carbons (Fsp3) is 0.462. The van der Waals surface area contributed by atoms with Crippen molar-refractivity contribution in [3.05, 3.63) is 39.9 Å². The number of anilines is 1. The molecule has 1 aromatic carbocycles. The van der Waals surface area contributed by atoms with Crippen LogP contribution >= 0.6 is 0 Å². The molecular formula is C13H23N7O2. The largest absolute Gasteiger partial charge is 0.383 e. The molecule has 1 aromatic rings. The van der Waals surface area contributed by atoms with Crippen LogP contribution in [0.25, 0.3) is 0 Å². The molecular weight excluding hydrogens is 286 g/mol. The van der Waals surface area contributed by atoms with Crippen molar-refractivity contribution in [2.45, 2.75) is 25.4 Å². The number of guanidine groups is 1. The molecule has 0 aliphatic carbocycles. The lowest BCUT2D eigenvalue weighted by Gasteiger charge is -2.14. The van der Waals surface area contributed by atoms with Gasteiger partial charge in [0.1, 0.15) is 0 Å². The van der Waals surface area contributed by atoms with Crippen LogP contribution in [0, 0.1) is 15.5 Å². The number of nitrogens with two attached hydrogens (primary N) is 2. The van der Waals surface area contributed by atoms with Gasteiger partial charge in [-0.1, -0.05) is 17.6 Å². The van der Waals surface area contributed by atoms with Gasteiger partial charge in [0.2, 0.25) is 0 Å². The lowest BCUT2D eigenvalue weighted by Crippen LogP contribution is -2.40. The van der Waals surface area contributed by atoms with Gasteiger partial charge in [-0.3, -0.25) is 5.41 Å². The molecule has 0 spiro atoms. The van der Waals surface area contributed by atoms with Crippen LogP contribution in [0.15, 0.2) is 24.3 Å². The number of rotatable bonds is 9. The molecule has 0 heterocycles. The van der Waals surface area contributed by atoms with E-state index in [1.54, 1.807) is 5.43 Å². The molecule has 0 aliphatic rings. The van der Waals surface area contributed by atoms with Crippen LogP contribution in [0.1, 0.15) is 18.4 Å². The highest BCUT2D eigenvalue weighted by Gasteiger charge is 2.05. The number of hydrogen-bond donors (Lipinski definition) is 6. The first-order valence-corrected chi connectivity index (χ1v) is 7.03. The van der Waals surface area contributed by atoms with Crippen molar-refractivity contribution in [2.75, 3.05) is 18.4 Å². The van der Waals surface area contributed by atoms with Crippen molar-refractivity contribution >= 4 is 11.6 Å². The van der Waals surface area contributed by atoms with Gasteiger partial charge < -0.3 is 22.1 Å². The summed E-state index contributed by atoms with van der Waals surface area (Å²) in [6.45, 7) is 1.58. The van der Waals surface area contributed by atoms with E-state index in [1.165, 1.54) is 0 Å². The Morgan fingerprint density at radius 1 is 1.45 bits per heavy atom. The van der Waals surface area contributed by atoms with Gasteiger partial charge in [0, 0.05) is 31.4 Å². The highest BCUT2D eigenvalue weighted by Crippen LogP contribution is 2.10. The second-order valence-corrected chi connectivity index (χ2v) is 4.86. The van der Waals surface area contributed by atoms with E-state index in [2.05, 4.69) is 10.6 Å². The van der Waals surface area contributed by atoms with Gasteiger partial charge in [0.05, 0.1) is 0 Å². The zero-order chi connectivity index (χ0) is 16.4. The van der Waals surface area contributed by atoms with E-state index >= 15 is 0 Å². The molecule has 0 saturated heterocycles. The van der Waals surface area contributed by atoms with Crippen LogP contribution in [-0.2, 0) is 6.54 Å². The standard InChI is InChI=1S/C13H23N7O2/c14-8-10-3-1-5-12(7-10)18-9-11(15)4-2-6-17-13(16)19-20(21)22/h1,3,5,7,11,18H,2,4,6,8-9,14-15H2,(H3,16,17,19)/t11-/m0/s1. The minimum Gasteiger partial charge on any atom is -0.383 e. The summed E-state index contributed by atoms with van der Waals surface area (Å²) in [7, 11) is 0. The lowest BCUT2D eigenvalue weighted by atomic mass is 10.1. The maximum Gasteiger partial charge on any atom is 0.251 e. The highest BCUT2D eigenvalue weighted by atomic mass is 16.7. The zero-order valence-corrected chi connectivity index (χ0v) is 12.3. The van der Waals surface area contributed by atoms with Gasteiger partial charge in [-0.05, 0) is 30.5 Å². The lowest BCUT2D eigenvalue weighted by molar-refractivity contribution is -0.525. The third-order valence-electron chi connectivity index (χ3n) is 2.99. The van der Waals surface area contributed by atoms with E-state index in [9.17, 15) is 10.1 Å². The van der Waals surface area contributed by atoms with Crippen molar-refractivity contribution in [3.8, 4) is 0 Å². The molecule has 0 unspecified atom stereocenters. The predicted octanol–water partition coefficient (Wildman–Crippen LogP) is -0.0296. The summed E-state index contributed by atoms with van der Waals surface area (Å²) in [5, 5.41) is 22.4. The van der Waals surface area contributed by atoms with E-state index in [-0.39, 0.29) is 12.0 Å². The summed E-state index contributed by atoms with van der Waals surface area (Å²) >= 11 is 0. The molecule has 0 radical (unpaired) electrons. The number of benzene rings is 1. The maximum absolute atomic E-state index is 10.1. The average Bonchev–Trinajstić information content (AvgIpc) is 2.49. The molecule has 1 rings (SSSR count). The molecule has 8 N–H and O–H groups in total. The number of hydrogen-bond acceptors (Lipinski definition) is 6. The van der Waals surface area contributed by atoms with Gasteiger partial charge in [-0.15, -0.1) is 0 Å². The Morgan fingerprint density at radius 3 is 2.91 bits per heavy atom. The van der Waals surface area contributed by atoms with Crippen molar-refractivity contribution in [2.24, 2.45) is 11.5 Å². The van der Waals surface area contributed by atoms with E-state index in [0.29, 0.717) is 26.1 Å². The summed E-state index contributed by atoms with van der Waals surface area (Å²) in [6, 6.07) is 7.80. The van der Waals surface area contributed by atoms with Gasteiger partial charge in [-0.2, -0.15) is 0 Å². The minimum atomic E-state index is -0.777. The Balaban J connectivity index is 2.16. The topological polar surface area (TPSA) is 155 Å². The predicted molar refractivity (Wildman–Crippen MR) is 85.9 cm³/mol. The number of nitrogens with zero attached hydrogens (tertiary/aromatic N) is 1. The quantitative estimate of drug-likeness (QED) is 0.123. The highest BCUT2D eigenvalue weighted by molar-refractivity contribution is 5.74. The molecule has 22 heavy (non-hydrogen) atoms. The van der Waals surface area contributed by atoms with E-state index in [4.69, 9.17) is 16.9 Å². The Kier molecular flexibility index (Phi) is 7.65. The molecule has 122 valence electrons. The van der Waals surface area contributed by atoms with Gasteiger partial charge in [0.15, 0.2) is 5.03 Å². The van der Waals surface area contributed by atoms with Crippen LogP contribution in [-0.4, -0.2) is 30.1 Å². The molecule has 0 bridgehead atoms. The minimum absolute atomic E-state index is 0.0407. The maximum atomic E-state index is 10.1. The zero-order valence-electron chi connectivity index (χ0n) is 12.3. The van der Waals surface area contributed by atoms with Crippen LogP contribution in [0.5, 0.6) is 0 Å². The Labute approximate surface area is 129 Å². The second-order valence-electron chi connectivity index (χ2n) is 4.86. The first-order valence-electron chi connectivity index (χ1n) is 7.03. The fourth-order valence-corrected chi connectivity index (χ4v) is 1.87. The monoisotopic (exact) mass is 309 g/mol. The summed E-state index contributed by atoms with van der Waals surface area (Å²) in [5.41, 5.74) is 15.3. The first-order chi connectivity index (χ1) is 10.5. The van der Waals surface area contributed by atoms with Crippen molar-refractivity contribution in [1.29, 1.82) is 5.41 Å². The van der Waals surface area contributed by atoms with Crippen LogP contribution in [0.3, 0.4) is 0 Å². The van der Waals surface area contributed by atoms with Crippen molar-refractivity contribution < 1.29 is 5.03 Å². The van der Waals surface area contributed by atoms with Crippen molar-refractivity contribution in [1.82, 2.24) is 10.7 Å². The molecule has 9 heteroatoms. The van der Waals surface area contributed by atoms with Crippen molar-refractivity contribution in [3.63, 3.8) is 0 Å². The Bertz CT molecular complexity index is 495. The van der Waals surface area contributed by atoms with E-state index < -0.39 is 5.03 Å². The first kappa shape index (κ1) is 17.7. The molecule has 0 aliphatic heterocycles. The summed E-state index contributed by atoms with van der Waals surface area (Å²) < 4.78 is 0. The van der Waals surface area contributed by atoms with E-state index in [1.807, 2.05) is 24.3 Å². The van der Waals surface area contributed by atoms with Gasteiger partial charge >= 0.3 is 0 Å². The summed E-state index contributed by atoms with van der Waals surface area (Å²) in [4.78, 5) is 10.1. The molecule has 0 fully saturated rings. The molecule has 1 atom stereocenters. The second kappa shape index (κ2) is 9.53.